The summed E-state index contributed by atoms with van der Waals surface area (Å²) in [6.07, 6.45) is -2.86. The molecular weight excluding hydrogens is 498 g/mol. The number of amides is 6. The van der Waals surface area contributed by atoms with Crippen molar-refractivity contribution in [2.75, 3.05) is 0 Å². The third-order valence-corrected chi connectivity index (χ3v) is 4.92. The lowest BCUT2D eigenvalue weighted by molar-refractivity contribution is -0.142. The molecule has 0 rings (SSSR count). The van der Waals surface area contributed by atoms with Gasteiger partial charge in [-0.1, -0.05) is 0 Å². The van der Waals surface area contributed by atoms with Crippen LogP contribution in [0.4, 0.5) is 0 Å². The van der Waals surface area contributed by atoms with Crippen LogP contribution in [-0.2, 0) is 38.4 Å². The number of hydrogen-bond donors (Lipinski definition) is 9. The number of aliphatic carboxylic acids is 2. The monoisotopic (exact) mass is 531 g/mol. The molecule has 0 aliphatic heterocycles. The van der Waals surface area contributed by atoms with Crippen LogP contribution in [0.15, 0.2) is 0 Å². The molecule has 0 aliphatic carbocycles. The van der Waals surface area contributed by atoms with Crippen molar-refractivity contribution in [2.24, 2.45) is 22.9 Å². The van der Waals surface area contributed by atoms with Crippen LogP contribution in [0.5, 0.6) is 0 Å². The Morgan fingerprint density at radius 2 is 0.892 bits per heavy atom. The standard InChI is InChI=1S/C20H33N7O10/c21-9(1-5-13(22)28)17(33)25-11(4-8-16(31)32)18(34)26-10(2-6-14(23)29)19(35)27-12(20(36)37)3-7-15(24)30/h9-12H,1-8,21H2,(H2,22,28)(H2,23,29)(H2,24,30)(H,25,33)(H,26,34)(H,27,35)(H,31,32)(H,36,37). The Morgan fingerprint density at radius 3 is 1.30 bits per heavy atom. The Bertz CT molecular complexity index is 895. The fourth-order valence-corrected chi connectivity index (χ4v) is 2.89. The van der Waals surface area contributed by atoms with Gasteiger partial charge in [0, 0.05) is 25.7 Å². The van der Waals surface area contributed by atoms with E-state index < -0.39 is 90.8 Å². The van der Waals surface area contributed by atoms with Crippen LogP contribution in [0, 0.1) is 0 Å². The van der Waals surface area contributed by atoms with E-state index in [4.69, 9.17) is 28.0 Å². The molecule has 0 saturated carbocycles. The molecule has 0 saturated heterocycles. The molecule has 0 heterocycles. The largest absolute Gasteiger partial charge is 0.481 e. The third-order valence-electron chi connectivity index (χ3n) is 4.92. The van der Waals surface area contributed by atoms with E-state index in [0.29, 0.717) is 0 Å². The highest BCUT2D eigenvalue weighted by Crippen LogP contribution is 2.06. The SMILES string of the molecule is NC(=O)CCC(N)C(=O)NC(CCC(=O)O)C(=O)NC(CCC(N)=O)C(=O)NC(CCC(N)=O)C(=O)O. The van der Waals surface area contributed by atoms with Gasteiger partial charge in [0.15, 0.2) is 0 Å². The second-order valence-corrected chi connectivity index (χ2v) is 8.08. The van der Waals surface area contributed by atoms with Crippen molar-refractivity contribution < 1.29 is 48.6 Å². The Kier molecular flexibility index (Phi) is 14.5. The van der Waals surface area contributed by atoms with Crippen LogP contribution in [-0.4, -0.2) is 81.8 Å². The lowest BCUT2D eigenvalue weighted by atomic mass is 10.0. The van der Waals surface area contributed by atoms with Gasteiger partial charge in [0.25, 0.3) is 0 Å². The first-order chi connectivity index (χ1) is 17.1. The summed E-state index contributed by atoms with van der Waals surface area (Å²) in [4.78, 5) is 93.4. The molecule has 208 valence electrons. The zero-order valence-corrected chi connectivity index (χ0v) is 19.9. The summed E-state index contributed by atoms with van der Waals surface area (Å²) >= 11 is 0. The Labute approximate surface area is 211 Å². The summed E-state index contributed by atoms with van der Waals surface area (Å²) in [5.74, 6) is -8.15. The Hall–Kier alpha value is -4.28. The number of carbonyl (C=O) groups is 8. The third kappa shape index (κ3) is 14.7. The average molecular weight is 532 g/mol. The van der Waals surface area contributed by atoms with E-state index in [2.05, 4.69) is 16.0 Å². The average Bonchev–Trinajstić information content (AvgIpc) is 2.79. The maximum absolute atomic E-state index is 12.9. The van der Waals surface area contributed by atoms with E-state index in [1.807, 2.05) is 0 Å². The summed E-state index contributed by atoms with van der Waals surface area (Å²) < 4.78 is 0. The molecule has 0 aromatic carbocycles. The summed E-state index contributed by atoms with van der Waals surface area (Å²) in [6.45, 7) is 0. The van der Waals surface area contributed by atoms with Crippen LogP contribution in [0.25, 0.3) is 0 Å². The first kappa shape index (κ1) is 32.7. The highest BCUT2D eigenvalue weighted by molar-refractivity contribution is 5.94. The zero-order valence-electron chi connectivity index (χ0n) is 19.9. The molecular formula is C20H33N7O10. The molecule has 0 aromatic rings. The molecule has 0 aromatic heterocycles. The summed E-state index contributed by atoms with van der Waals surface area (Å²) in [5, 5.41) is 24.8. The fourth-order valence-electron chi connectivity index (χ4n) is 2.89. The molecule has 0 fully saturated rings. The summed E-state index contributed by atoms with van der Waals surface area (Å²) in [5.41, 5.74) is 20.8. The minimum absolute atomic E-state index is 0.153. The van der Waals surface area contributed by atoms with Gasteiger partial charge in [0.2, 0.25) is 35.4 Å². The number of carbonyl (C=O) groups excluding carboxylic acids is 6. The van der Waals surface area contributed by atoms with E-state index in [1.54, 1.807) is 0 Å². The van der Waals surface area contributed by atoms with Gasteiger partial charge in [-0.3, -0.25) is 33.6 Å². The summed E-state index contributed by atoms with van der Waals surface area (Å²) in [7, 11) is 0. The molecule has 17 heteroatoms. The van der Waals surface area contributed by atoms with Gasteiger partial charge in [-0.05, 0) is 25.7 Å². The molecule has 17 nitrogen and oxygen atoms in total. The van der Waals surface area contributed by atoms with Gasteiger partial charge >= 0.3 is 11.9 Å². The molecule has 0 radical (unpaired) electrons. The van der Waals surface area contributed by atoms with Crippen molar-refractivity contribution in [3.63, 3.8) is 0 Å². The van der Waals surface area contributed by atoms with E-state index in [0.717, 1.165) is 0 Å². The zero-order chi connectivity index (χ0) is 28.7. The van der Waals surface area contributed by atoms with Crippen LogP contribution in [0.2, 0.25) is 0 Å². The van der Waals surface area contributed by atoms with E-state index in [-0.39, 0.29) is 32.1 Å². The minimum atomic E-state index is -1.56. The molecule has 4 unspecified atom stereocenters. The van der Waals surface area contributed by atoms with Gasteiger partial charge in [0.1, 0.15) is 18.1 Å². The number of carboxylic acids is 2. The van der Waals surface area contributed by atoms with Crippen molar-refractivity contribution >= 4 is 47.4 Å². The minimum Gasteiger partial charge on any atom is -0.481 e. The fraction of sp³-hybridized carbons (Fsp3) is 0.600. The number of primary amides is 3. The normalized spacial score (nSPS) is 13.8. The van der Waals surface area contributed by atoms with Crippen LogP contribution in [0.1, 0.15) is 51.4 Å². The highest BCUT2D eigenvalue weighted by atomic mass is 16.4. The van der Waals surface area contributed by atoms with Gasteiger partial charge in [-0.15, -0.1) is 0 Å². The quantitative estimate of drug-likeness (QED) is 0.0764. The van der Waals surface area contributed by atoms with Crippen LogP contribution < -0.4 is 38.9 Å². The Morgan fingerprint density at radius 1 is 0.541 bits per heavy atom. The lowest BCUT2D eigenvalue weighted by Gasteiger charge is -2.25. The van der Waals surface area contributed by atoms with E-state index in [9.17, 15) is 43.5 Å². The molecule has 0 spiro atoms. The van der Waals surface area contributed by atoms with Crippen molar-refractivity contribution in [3.05, 3.63) is 0 Å². The maximum Gasteiger partial charge on any atom is 0.326 e. The number of nitrogens with two attached hydrogens (primary N) is 4. The van der Waals surface area contributed by atoms with Gasteiger partial charge in [-0.2, -0.15) is 0 Å². The van der Waals surface area contributed by atoms with Crippen LogP contribution >= 0.6 is 0 Å². The van der Waals surface area contributed by atoms with Gasteiger partial charge in [0.05, 0.1) is 6.04 Å². The number of hydrogen-bond acceptors (Lipinski definition) is 9. The number of carboxylic acid groups (broad SMARTS) is 2. The maximum atomic E-state index is 12.9. The van der Waals surface area contributed by atoms with Gasteiger partial charge < -0.3 is 49.1 Å². The predicted molar refractivity (Wildman–Crippen MR) is 124 cm³/mol. The van der Waals surface area contributed by atoms with Crippen LogP contribution in [0.3, 0.4) is 0 Å². The first-order valence-electron chi connectivity index (χ1n) is 11.1. The summed E-state index contributed by atoms with van der Waals surface area (Å²) in [6, 6.07) is -5.85. The molecule has 4 atom stereocenters. The first-order valence-corrected chi connectivity index (χ1v) is 11.1. The van der Waals surface area contributed by atoms with Crippen molar-refractivity contribution in [2.45, 2.75) is 75.5 Å². The Balaban J connectivity index is 5.64. The molecule has 6 amide bonds. The lowest BCUT2D eigenvalue weighted by Crippen LogP contribution is -2.57. The molecule has 13 N–H and O–H groups in total. The topological polar surface area (TPSA) is 317 Å². The molecule has 37 heavy (non-hydrogen) atoms. The van der Waals surface area contributed by atoms with Crippen molar-refractivity contribution in [1.82, 2.24) is 16.0 Å². The van der Waals surface area contributed by atoms with Crippen molar-refractivity contribution in [1.29, 1.82) is 0 Å². The van der Waals surface area contributed by atoms with Gasteiger partial charge in [-0.25, -0.2) is 4.79 Å². The number of nitrogens with one attached hydrogen (secondary N) is 3. The number of rotatable bonds is 19. The molecule has 0 aliphatic rings. The predicted octanol–water partition coefficient (Wildman–Crippen LogP) is -4.49. The second kappa shape index (κ2) is 16.4. The highest BCUT2D eigenvalue weighted by Gasteiger charge is 2.31. The second-order valence-electron chi connectivity index (χ2n) is 8.08. The van der Waals surface area contributed by atoms with E-state index in [1.165, 1.54) is 0 Å². The van der Waals surface area contributed by atoms with E-state index >= 15 is 0 Å². The molecule has 0 bridgehead atoms. The van der Waals surface area contributed by atoms with Crippen molar-refractivity contribution in [3.8, 4) is 0 Å². The smallest absolute Gasteiger partial charge is 0.326 e.